The molecule has 25 heavy (non-hydrogen) atoms. The van der Waals surface area contributed by atoms with Crippen molar-refractivity contribution < 1.29 is 18.9 Å². The van der Waals surface area contributed by atoms with E-state index in [0.717, 1.165) is 83.8 Å². The standard InChI is InChI=1S/C20H44O4Si/c1-6-11-15-21-19(22-16-12-7-2)25(10-5)20(23-17-13-8-3)24-18-14-9-4/h19-20,25H,6-18H2,1-5H3. The van der Waals surface area contributed by atoms with Crippen LogP contribution in [0.1, 0.15) is 86.0 Å². The number of unbranched alkanes of at least 4 members (excludes halogenated alkanes) is 4. The van der Waals surface area contributed by atoms with Crippen molar-refractivity contribution in [2.24, 2.45) is 0 Å². The molecule has 4 nitrogen and oxygen atoms in total. The van der Waals surface area contributed by atoms with Crippen LogP contribution in [0.4, 0.5) is 0 Å². The lowest BCUT2D eigenvalue weighted by Gasteiger charge is -2.31. The molecular formula is C20H44O4Si. The lowest BCUT2D eigenvalue weighted by molar-refractivity contribution is -0.128. The highest BCUT2D eigenvalue weighted by molar-refractivity contribution is 6.60. The first-order chi connectivity index (χ1) is 12.2. The molecule has 152 valence electrons. The van der Waals surface area contributed by atoms with Crippen LogP contribution in [0, 0.1) is 0 Å². The van der Waals surface area contributed by atoms with Crippen molar-refractivity contribution in [3.8, 4) is 0 Å². The van der Waals surface area contributed by atoms with Crippen LogP contribution in [0.2, 0.25) is 6.04 Å². The first kappa shape index (κ1) is 25.1. The van der Waals surface area contributed by atoms with Gasteiger partial charge in [-0.1, -0.05) is 66.3 Å². The van der Waals surface area contributed by atoms with E-state index in [1.165, 1.54) is 0 Å². The number of rotatable bonds is 19. The lowest BCUT2D eigenvalue weighted by atomic mass is 10.4. The molecule has 0 heterocycles. The highest BCUT2D eigenvalue weighted by atomic mass is 28.3. The number of ether oxygens (including phenoxy) is 4. The van der Waals surface area contributed by atoms with Gasteiger partial charge in [0.15, 0.2) is 8.80 Å². The van der Waals surface area contributed by atoms with Crippen molar-refractivity contribution in [1.29, 1.82) is 0 Å². The van der Waals surface area contributed by atoms with Crippen LogP contribution in [-0.4, -0.2) is 47.1 Å². The average Bonchev–Trinajstić information content (AvgIpc) is 2.62. The highest BCUT2D eigenvalue weighted by Crippen LogP contribution is 2.16. The summed E-state index contributed by atoms with van der Waals surface area (Å²) >= 11 is 0. The molecule has 0 aromatic rings. The van der Waals surface area contributed by atoms with Gasteiger partial charge in [-0.25, -0.2) is 0 Å². The molecule has 0 spiro atoms. The van der Waals surface area contributed by atoms with E-state index in [4.69, 9.17) is 18.9 Å². The Morgan fingerprint density at radius 3 is 1.00 bits per heavy atom. The van der Waals surface area contributed by atoms with E-state index in [9.17, 15) is 0 Å². The predicted molar refractivity (Wildman–Crippen MR) is 109 cm³/mol. The van der Waals surface area contributed by atoms with Gasteiger partial charge in [0, 0.05) is 26.4 Å². The predicted octanol–water partition coefficient (Wildman–Crippen LogP) is 5.23. The molecule has 0 rings (SSSR count). The van der Waals surface area contributed by atoms with Crippen LogP contribution < -0.4 is 0 Å². The molecule has 0 aliphatic rings. The topological polar surface area (TPSA) is 36.9 Å². The third-order valence-corrected chi connectivity index (χ3v) is 7.40. The van der Waals surface area contributed by atoms with Gasteiger partial charge in [-0.3, -0.25) is 0 Å². The molecule has 0 aromatic heterocycles. The summed E-state index contributed by atoms with van der Waals surface area (Å²) in [6.07, 6.45) is 8.89. The van der Waals surface area contributed by atoms with E-state index < -0.39 is 8.80 Å². The second kappa shape index (κ2) is 18.8. The molecule has 0 saturated heterocycles. The maximum Gasteiger partial charge on any atom is 0.171 e. The fourth-order valence-corrected chi connectivity index (χ4v) is 5.04. The molecule has 0 aliphatic heterocycles. The molecule has 0 saturated carbocycles. The lowest BCUT2D eigenvalue weighted by Crippen LogP contribution is -2.48. The summed E-state index contributed by atoms with van der Waals surface area (Å²) in [5.74, 6) is -0.201. The van der Waals surface area contributed by atoms with Gasteiger partial charge in [0.05, 0.1) is 0 Å². The highest BCUT2D eigenvalue weighted by Gasteiger charge is 2.33. The molecule has 0 atom stereocenters. The minimum atomic E-state index is -1.50. The Balaban J connectivity index is 4.83. The van der Waals surface area contributed by atoms with Crippen molar-refractivity contribution in [3.63, 3.8) is 0 Å². The summed E-state index contributed by atoms with van der Waals surface area (Å²) < 4.78 is 24.6. The van der Waals surface area contributed by atoms with Gasteiger partial charge in [-0.15, -0.1) is 0 Å². The Kier molecular flexibility index (Phi) is 18.9. The molecular weight excluding hydrogens is 332 g/mol. The van der Waals surface area contributed by atoms with Crippen LogP contribution >= 0.6 is 0 Å². The van der Waals surface area contributed by atoms with Gasteiger partial charge in [-0.2, -0.15) is 0 Å². The van der Waals surface area contributed by atoms with Gasteiger partial charge in [0.1, 0.15) is 11.8 Å². The Hall–Kier alpha value is 0.0569. The van der Waals surface area contributed by atoms with Gasteiger partial charge in [0.2, 0.25) is 0 Å². The van der Waals surface area contributed by atoms with Crippen molar-refractivity contribution in [3.05, 3.63) is 0 Å². The maximum atomic E-state index is 6.16. The summed E-state index contributed by atoms with van der Waals surface area (Å²) in [7, 11) is -1.50. The van der Waals surface area contributed by atoms with E-state index in [1.807, 2.05) is 0 Å². The average molecular weight is 377 g/mol. The zero-order valence-corrected chi connectivity index (χ0v) is 18.7. The monoisotopic (exact) mass is 376 g/mol. The summed E-state index contributed by atoms with van der Waals surface area (Å²) in [6.45, 7) is 14.1. The molecule has 0 aliphatic carbocycles. The molecule has 5 heteroatoms. The van der Waals surface area contributed by atoms with Gasteiger partial charge >= 0.3 is 0 Å². The zero-order valence-electron chi connectivity index (χ0n) is 17.6. The van der Waals surface area contributed by atoms with Crippen LogP contribution in [0.25, 0.3) is 0 Å². The molecule has 0 unspecified atom stereocenters. The second-order valence-corrected chi connectivity index (χ2v) is 9.94. The molecule has 0 bridgehead atoms. The minimum absolute atomic E-state index is 0.101. The van der Waals surface area contributed by atoms with E-state index in [1.54, 1.807) is 0 Å². The normalized spacial score (nSPS) is 12.0. The van der Waals surface area contributed by atoms with Crippen molar-refractivity contribution >= 4 is 8.80 Å². The Bertz CT molecular complexity index is 222. The Morgan fingerprint density at radius 2 is 0.800 bits per heavy atom. The molecule has 0 N–H and O–H groups in total. The summed E-state index contributed by atoms with van der Waals surface area (Å²) in [6, 6.07) is 1.06. The van der Waals surface area contributed by atoms with Crippen LogP contribution in [0.5, 0.6) is 0 Å². The van der Waals surface area contributed by atoms with Crippen molar-refractivity contribution in [2.75, 3.05) is 26.4 Å². The summed E-state index contributed by atoms with van der Waals surface area (Å²) in [4.78, 5) is 0. The van der Waals surface area contributed by atoms with Gasteiger partial charge < -0.3 is 18.9 Å². The fourth-order valence-electron chi connectivity index (χ4n) is 2.48. The smallest absolute Gasteiger partial charge is 0.171 e. The number of hydrogen-bond donors (Lipinski definition) is 0. The summed E-state index contributed by atoms with van der Waals surface area (Å²) in [5, 5.41) is 0. The molecule has 0 radical (unpaired) electrons. The van der Waals surface area contributed by atoms with E-state index in [0.29, 0.717) is 0 Å². The second-order valence-electron chi connectivity index (χ2n) is 6.71. The maximum absolute atomic E-state index is 6.16. The quantitative estimate of drug-likeness (QED) is 0.176. The van der Waals surface area contributed by atoms with Crippen molar-refractivity contribution in [1.82, 2.24) is 0 Å². The largest absolute Gasteiger partial charge is 0.356 e. The van der Waals surface area contributed by atoms with Crippen LogP contribution in [0.3, 0.4) is 0 Å². The Labute approximate surface area is 158 Å². The SMILES string of the molecule is CCCCOC(OCCCC)[SiH](CC)C(OCCCC)OCCCC. The molecule has 0 amide bonds. The first-order valence-corrected chi connectivity index (χ1v) is 12.9. The third kappa shape index (κ3) is 13.0. The van der Waals surface area contributed by atoms with E-state index in [-0.39, 0.29) is 11.8 Å². The number of hydrogen-bond acceptors (Lipinski definition) is 4. The van der Waals surface area contributed by atoms with Gasteiger partial charge in [-0.05, 0) is 25.7 Å². The van der Waals surface area contributed by atoms with E-state index in [2.05, 4.69) is 34.6 Å². The van der Waals surface area contributed by atoms with Crippen LogP contribution in [-0.2, 0) is 18.9 Å². The first-order valence-electron chi connectivity index (χ1n) is 10.7. The summed E-state index contributed by atoms with van der Waals surface area (Å²) in [5.41, 5.74) is 0. The zero-order chi connectivity index (χ0) is 18.8. The van der Waals surface area contributed by atoms with E-state index >= 15 is 0 Å². The fraction of sp³-hybridized carbons (Fsp3) is 1.00. The third-order valence-electron chi connectivity index (χ3n) is 4.29. The molecule has 0 aromatic carbocycles. The van der Waals surface area contributed by atoms with Crippen LogP contribution in [0.15, 0.2) is 0 Å². The van der Waals surface area contributed by atoms with Gasteiger partial charge in [0.25, 0.3) is 0 Å². The van der Waals surface area contributed by atoms with Crippen molar-refractivity contribution in [2.45, 2.75) is 104 Å². The Morgan fingerprint density at radius 1 is 0.520 bits per heavy atom. The minimum Gasteiger partial charge on any atom is -0.356 e. The molecule has 0 fully saturated rings.